The summed E-state index contributed by atoms with van der Waals surface area (Å²) in [6, 6.07) is 2.25. The van der Waals surface area contributed by atoms with E-state index >= 15 is 0 Å². The summed E-state index contributed by atoms with van der Waals surface area (Å²) >= 11 is 0. The molecule has 0 fully saturated rings. The third-order valence-corrected chi connectivity index (χ3v) is 2.49. The van der Waals surface area contributed by atoms with Gasteiger partial charge < -0.3 is 10.1 Å². The van der Waals surface area contributed by atoms with E-state index in [0.29, 0.717) is 24.5 Å². The lowest BCUT2D eigenvalue weighted by molar-refractivity contribution is 0.326. The number of aryl methyl sites for hydroxylation is 1. The van der Waals surface area contributed by atoms with E-state index in [1.54, 1.807) is 0 Å². The van der Waals surface area contributed by atoms with Gasteiger partial charge in [0.2, 0.25) is 11.8 Å². The van der Waals surface area contributed by atoms with Crippen LogP contribution in [0.3, 0.4) is 0 Å². The van der Waals surface area contributed by atoms with Crippen molar-refractivity contribution in [2.24, 2.45) is 0 Å². The van der Waals surface area contributed by atoms with Crippen molar-refractivity contribution in [3.63, 3.8) is 0 Å². The average Bonchev–Trinajstić information content (AvgIpc) is 2.26. The Balaban J connectivity index is 2.63. The Morgan fingerprint density at radius 1 is 1.35 bits per heavy atom. The Hall–Kier alpha value is -1.32. The molecule has 0 aliphatic heterocycles. The van der Waals surface area contributed by atoms with Gasteiger partial charge >= 0.3 is 0 Å². The summed E-state index contributed by atoms with van der Waals surface area (Å²) in [5, 5.41) is 3.31. The quantitative estimate of drug-likeness (QED) is 0.791. The van der Waals surface area contributed by atoms with Gasteiger partial charge in [0.05, 0.1) is 6.61 Å². The molecule has 1 rings (SSSR count). The number of aromatic nitrogens is 2. The Kier molecular flexibility index (Phi) is 5.73. The number of hydrogen-bond donors (Lipinski definition) is 1. The third kappa shape index (κ3) is 5.02. The van der Waals surface area contributed by atoms with Crippen LogP contribution in [0.4, 0.5) is 5.95 Å². The van der Waals surface area contributed by atoms with Crippen LogP contribution in [0.1, 0.15) is 45.7 Å². The first kappa shape index (κ1) is 13.7. The van der Waals surface area contributed by atoms with Gasteiger partial charge in [0.25, 0.3) is 0 Å². The number of rotatable bonds is 7. The Morgan fingerprint density at radius 3 is 2.76 bits per heavy atom. The van der Waals surface area contributed by atoms with E-state index in [0.717, 1.165) is 12.1 Å². The first-order chi connectivity index (χ1) is 8.15. The van der Waals surface area contributed by atoms with Crippen molar-refractivity contribution in [3.05, 3.63) is 11.8 Å². The van der Waals surface area contributed by atoms with Crippen LogP contribution < -0.4 is 10.1 Å². The number of anilines is 1. The maximum Gasteiger partial charge on any atom is 0.226 e. The Morgan fingerprint density at radius 2 is 2.12 bits per heavy atom. The van der Waals surface area contributed by atoms with E-state index in [1.807, 2.05) is 19.9 Å². The summed E-state index contributed by atoms with van der Waals surface area (Å²) in [5.41, 5.74) is 0.925. The first-order valence-corrected chi connectivity index (χ1v) is 6.40. The molecule has 17 heavy (non-hydrogen) atoms. The second kappa shape index (κ2) is 7.09. The van der Waals surface area contributed by atoms with E-state index in [1.165, 1.54) is 12.8 Å². The molecule has 1 aromatic rings. The van der Waals surface area contributed by atoms with Crippen LogP contribution in [0.25, 0.3) is 0 Å². The molecule has 1 unspecified atom stereocenters. The highest BCUT2D eigenvalue weighted by Gasteiger charge is 2.06. The van der Waals surface area contributed by atoms with Crippen LogP contribution in [-0.2, 0) is 0 Å². The van der Waals surface area contributed by atoms with E-state index in [-0.39, 0.29) is 0 Å². The molecule has 0 aliphatic carbocycles. The minimum atomic E-state index is 0.395. The van der Waals surface area contributed by atoms with Gasteiger partial charge in [-0.3, -0.25) is 0 Å². The maximum atomic E-state index is 5.40. The van der Waals surface area contributed by atoms with Gasteiger partial charge in [-0.2, -0.15) is 4.98 Å². The summed E-state index contributed by atoms with van der Waals surface area (Å²) < 4.78 is 5.40. The van der Waals surface area contributed by atoms with Gasteiger partial charge in [-0.05, 0) is 27.2 Å². The largest absolute Gasteiger partial charge is 0.478 e. The molecule has 0 aromatic carbocycles. The molecule has 1 heterocycles. The van der Waals surface area contributed by atoms with Crippen molar-refractivity contribution in [1.82, 2.24) is 9.97 Å². The van der Waals surface area contributed by atoms with E-state index in [9.17, 15) is 0 Å². The Bertz CT molecular complexity index is 341. The van der Waals surface area contributed by atoms with Crippen LogP contribution in [0.5, 0.6) is 5.88 Å². The number of nitrogens with zero attached hydrogens (tertiary/aromatic N) is 2. The zero-order chi connectivity index (χ0) is 12.7. The topological polar surface area (TPSA) is 47.0 Å². The summed E-state index contributed by atoms with van der Waals surface area (Å²) in [4.78, 5) is 8.69. The molecule has 0 saturated carbocycles. The van der Waals surface area contributed by atoms with Crippen LogP contribution in [0, 0.1) is 6.92 Å². The molecule has 96 valence electrons. The van der Waals surface area contributed by atoms with Crippen LogP contribution in [-0.4, -0.2) is 22.6 Å². The summed E-state index contributed by atoms with van der Waals surface area (Å²) in [6.45, 7) is 8.88. The minimum Gasteiger partial charge on any atom is -0.478 e. The molecule has 0 bridgehead atoms. The molecule has 1 atom stereocenters. The first-order valence-electron chi connectivity index (χ1n) is 6.40. The molecule has 0 radical (unpaired) electrons. The monoisotopic (exact) mass is 237 g/mol. The van der Waals surface area contributed by atoms with E-state index in [4.69, 9.17) is 4.74 Å². The molecular weight excluding hydrogens is 214 g/mol. The molecule has 0 amide bonds. The zero-order valence-electron chi connectivity index (χ0n) is 11.3. The standard InChI is InChI=1S/C13H23N3O/c1-5-7-8-10(3)14-13-15-11(4)9-12(16-13)17-6-2/h9-10H,5-8H2,1-4H3,(H,14,15,16). The van der Waals surface area contributed by atoms with Crippen molar-refractivity contribution in [2.75, 3.05) is 11.9 Å². The van der Waals surface area contributed by atoms with Crippen molar-refractivity contribution >= 4 is 5.95 Å². The molecule has 1 N–H and O–H groups in total. The molecule has 4 nitrogen and oxygen atoms in total. The number of unbranched alkanes of at least 4 members (excludes halogenated alkanes) is 1. The molecular formula is C13H23N3O. The van der Waals surface area contributed by atoms with Crippen LogP contribution >= 0.6 is 0 Å². The van der Waals surface area contributed by atoms with Crippen molar-refractivity contribution in [2.45, 2.75) is 53.0 Å². The lowest BCUT2D eigenvalue weighted by atomic mass is 10.1. The fourth-order valence-corrected chi connectivity index (χ4v) is 1.63. The van der Waals surface area contributed by atoms with Crippen molar-refractivity contribution in [1.29, 1.82) is 0 Å². The highest BCUT2D eigenvalue weighted by molar-refractivity contribution is 5.31. The van der Waals surface area contributed by atoms with Crippen molar-refractivity contribution < 1.29 is 4.74 Å². The third-order valence-electron chi connectivity index (χ3n) is 2.49. The summed E-state index contributed by atoms with van der Waals surface area (Å²) in [5.74, 6) is 1.31. The Labute approximate surface area is 104 Å². The van der Waals surface area contributed by atoms with Crippen molar-refractivity contribution in [3.8, 4) is 5.88 Å². The van der Waals surface area contributed by atoms with Gasteiger partial charge in [-0.15, -0.1) is 0 Å². The van der Waals surface area contributed by atoms with Crippen LogP contribution in [0.2, 0.25) is 0 Å². The van der Waals surface area contributed by atoms with Gasteiger partial charge in [0, 0.05) is 17.8 Å². The number of ether oxygens (including phenoxy) is 1. The minimum absolute atomic E-state index is 0.395. The van der Waals surface area contributed by atoms with Gasteiger partial charge in [-0.25, -0.2) is 4.98 Å². The average molecular weight is 237 g/mol. The SMILES string of the molecule is CCCCC(C)Nc1nc(C)cc(OCC)n1. The fourth-order valence-electron chi connectivity index (χ4n) is 1.63. The number of hydrogen-bond acceptors (Lipinski definition) is 4. The molecule has 0 aliphatic rings. The maximum absolute atomic E-state index is 5.40. The highest BCUT2D eigenvalue weighted by Crippen LogP contribution is 2.13. The summed E-state index contributed by atoms with van der Waals surface area (Å²) in [6.07, 6.45) is 3.57. The highest BCUT2D eigenvalue weighted by atomic mass is 16.5. The lowest BCUT2D eigenvalue weighted by Crippen LogP contribution is -2.17. The fraction of sp³-hybridized carbons (Fsp3) is 0.692. The van der Waals surface area contributed by atoms with E-state index < -0.39 is 0 Å². The second-order valence-corrected chi connectivity index (χ2v) is 4.29. The predicted octanol–water partition coefficient (Wildman–Crippen LogP) is 3.17. The zero-order valence-corrected chi connectivity index (χ0v) is 11.3. The lowest BCUT2D eigenvalue weighted by Gasteiger charge is -2.14. The van der Waals surface area contributed by atoms with Gasteiger partial charge in [0.1, 0.15) is 0 Å². The normalized spacial score (nSPS) is 12.2. The predicted molar refractivity (Wildman–Crippen MR) is 70.5 cm³/mol. The van der Waals surface area contributed by atoms with E-state index in [2.05, 4.69) is 29.1 Å². The molecule has 1 aromatic heterocycles. The molecule has 4 heteroatoms. The van der Waals surface area contributed by atoms with Gasteiger partial charge in [0.15, 0.2) is 0 Å². The number of nitrogens with one attached hydrogen (secondary N) is 1. The smallest absolute Gasteiger partial charge is 0.226 e. The molecule has 0 spiro atoms. The molecule has 0 saturated heterocycles. The van der Waals surface area contributed by atoms with Gasteiger partial charge in [-0.1, -0.05) is 19.8 Å². The van der Waals surface area contributed by atoms with Crippen LogP contribution in [0.15, 0.2) is 6.07 Å². The second-order valence-electron chi connectivity index (χ2n) is 4.29. The summed E-state index contributed by atoms with van der Waals surface area (Å²) in [7, 11) is 0.